The Morgan fingerprint density at radius 1 is 1.00 bits per heavy atom. The number of rotatable bonds is 6. The SMILES string of the molecule is CCN(C(=O)C1CC1C(=O)NCc1ccccc1)c1ccccc1. The highest BCUT2D eigenvalue weighted by Crippen LogP contribution is 2.41. The van der Waals surface area contributed by atoms with Crippen LogP contribution in [0.1, 0.15) is 18.9 Å². The fourth-order valence-corrected chi connectivity index (χ4v) is 2.95. The van der Waals surface area contributed by atoms with Crippen LogP contribution in [0.4, 0.5) is 5.69 Å². The first-order chi connectivity index (χ1) is 11.7. The van der Waals surface area contributed by atoms with Crippen molar-refractivity contribution in [2.45, 2.75) is 19.9 Å². The summed E-state index contributed by atoms with van der Waals surface area (Å²) >= 11 is 0. The van der Waals surface area contributed by atoms with Crippen LogP contribution < -0.4 is 10.2 Å². The minimum absolute atomic E-state index is 0.0266. The minimum Gasteiger partial charge on any atom is -0.352 e. The van der Waals surface area contributed by atoms with E-state index in [1.54, 1.807) is 4.90 Å². The van der Waals surface area contributed by atoms with Crippen molar-refractivity contribution < 1.29 is 9.59 Å². The summed E-state index contributed by atoms with van der Waals surface area (Å²) in [5, 5.41) is 2.93. The molecule has 2 atom stereocenters. The first-order valence-electron chi connectivity index (χ1n) is 8.38. The topological polar surface area (TPSA) is 49.4 Å². The van der Waals surface area contributed by atoms with Gasteiger partial charge in [-0.2, -0.15) is 0 Å². The predicted molar refractivity (Wildman–Crippen MR) is 94.4 cm³/mol. The summed E-state index contributed by atoms with van der Waals surface area (Å²) in [5.41, 5.74) is 1.95. The Balaban J connectivity index is 1.55. The molecule has 1 aliphatic rings. The number of anilines is 1. The normalized spacial score (nSPS) is 18.7. The predicted octanol–water partition coefficient (Wildman–Crippen LogP) is 2.99. The number of carbonyl (C=O) groups excluding carboxylic acids is 2. The molecule has 0 heterocycles. The fourth-order valence-electron chi connectivity index (χ4n) is 2.95. The molecule has 3 rings (SSSR count). The smallest absolute Gasteiger partial charge is 0.230 e. The van der Waals surface area contributed by atoms with Gasteiger partial charge in [-0.1, -0.05) is 48.5 Å². The highest BCUT2D eigenvalue weighted by Gasteiger charge is 2.49. The maximum atomic E-state index is 12.7. The van der Waals surface area contributed by atoms with Crippen molar-refractivity contribution in [1.82, 2.24) is 5.32 Å². The summed E-state index contributed by atoms with van der Waals surface area (Å²) in [6, 6.07) is 19.4. The van der Waals surface area contributed by atoms with Crippen LogP contribution in [0.5, 0.6) is 0 Å². The van der Waals surface area contributed by atoms with Crippen molar-refractivity contribution in [1.29, 1.82) is 0 Å². The molecule has 4 nitrogen and oxygen atoms in total. The number of para-hydroxylation sites is 1. The third-order valence-electron chi connectivity index (χ3n) is 4.40. The second kappa shape index (κ2) is 7.30. The lowest BCUT2D eigenvalue weighted by Gasteiger charge is -2.21. The molecule has 2 amide bonds. The standard InChI is InChI=1S/C20H22N2O2/c1-2-22(16-11-7-4-8-12-16)20(24)18-13-17(18)19(23)21-14-15-9-5-3-6-10-15/h3-12,17-18H,2,13-14H2,1H3,(H,21,23). The zero-order valence-electron chi connectivity index (χ0n) is 13.8. The Hall–Kier alpha value is -2.62. The largest absolute Gasteiger partial charge is 0.352 e. The number of nitrogens with zero attached hydrogens (tertiary/aromatic N) is 1. The van der Waals surface area contributed by atoms with Crippen LogP contribution >= 0.6 is 0 Å². The van der Waals surface area contributed by atoms with Crippen LogP contribution in [0.15, 0.2) is 60.7 Å². The van der Waals surface area contributed by atoms with Crippen molar-refractivity contribution in [3.63, 3.8) is 0 Å². The molecule has 0 radical (unpaired) electrons. The zero-order chi connectivity index (χ0) is 16.9. The molecule has 0 aliphatic heterocycles. The lowest BCUT2D eigenvalue weighted by molar-refractivity contribution is -0.126. The van der Waals surface area contributed by atoms with Gasteiger partial charge in [0.05, 0.1) is 11.8 Å². The molecule has 1 saturated carbocycles. The molecule has 0 aromatic heterocycles. The molecule has 24 heavy (non-hydrogen) atoms. The summed E-state index contributed by atoms with van der Waals surface area (Å²) in [6.45, 7) is 3.07. The lowest BCUT2D eigenvalue weighted by atomic mass is 10.2. The van der Waals surface area contributed by atoms with E-state index in [4.69, 9.17) is 0 Å². The van der Waals surface area contributed by atoms with Gasteiger partial charge in [-0.25, -0.2) is 0 Å². The Labute approximate surface area is 142 Å². The average Bonchev–Trinajstić information content (AvgIpc) is 3.43. The molecule has 124 valence electrons. The number of hydrogen-bond acceptors (Lipinski definition) is 2. The first kappa shape index (κ1) is 16.2. The van der Waals surface area contributed by atoms with Gasteiger partial charge in [-0.3, -0.25) is 9.59 Å². The van der Waals surface area contributed by atoms with Crippen LogP contribution in [-0.2, 0) is 16.1 Å². The monoisotopic (exact) mass is 322 g/mol. The third-order valence-corrected chi connectivity index (χ3v) is 4.40. The first-order valence-corrected chi connectivity index (χ1v) is 8.38. The number of nitrogens with one attached hydrogen (secondary N) is 1. The molecule has 0 spiro atoms. The Bertz CT molecular complexity index is 700. The number of amides is 2. The van der Waals surface area contributed by atoms with Crippen LogP contribution in [-0.4, -0.2) is 18.4 Å². The average molecular weight is 322 g/mol. The van der Waals surface area contributed by atoms with Crippen LogP contribution in [0.2, 0.25) is 0 Å². The van der Waals surface area contributed by atoms with Gasteiger partial charge in [0, 0.05) is 18.8 Å². The number of carbonyl (C=O) groups is 2. The van der Waals surface area contributed by atoms with E-state index in [1.165, 1.54) is 0 Å². The molecular formula is C20H22N2O2. The minimum atomic E-state index is -0.195. The maximum absolute atomic E-state index is 12.7. The highest BCUT2D eigenvalue weighted by molar-refractivity contribution is 6.01. The summed E-state index contributed by atoms with van der Waals surface area (Å²) in [6.07, 6.45) is 0.642. The van der Waals surface area contributed by atoms with E-state index < -0.39 is 0 Å². The second-order valence-corrected chi connectivity index (χ2v) is 6.07. The Morgan fingerprint density at radius 3 is 2.25 bits per heavy atom. The van der Waals surface area contributed by atoms with Gasteiger partial charge < -0.3 is 10.2 Å². The molecular weight excluding hydrogens is 300 g/mol. The van der Waals surface area contributed by atoms with Gasteiger partial charge in [0.15, 0.2) is 0 Å². The van der Waals surface area contributed by atoms with E-state index in [-0.39, 0.29) is 23.7 Å². The van der Waals surface area contributed by atoms with E-state index in [2.05, 4.69) is 5.32 Å². The van der Waals surface area contributed by atoms with Crippen molar-refractivity contribution in [2.75, 3.05) is 11.4 Å². The molecule has 1 fully saturated rings. The molecule has 4 heteroatoms. The van der Waals surface area contributed by atoms with Gasteiger partial charge in [-0.05, 0) is 31.0 Å². The zero-order valence-corrected chi connectivity index (χ0v) is 13.8. The van der Waals surface area contributed by atoms with Gasteiger partial charge in [0.1, 0.15) is 0 Å². The highest BCUT2D eigenvalue weighted by atomic mass is 16.2. The van der Waals surface area contributed by atoms with Gasteiger partial charge in [0.2, 0.25) is 11.8 Å². The number of hydrogen-bond donors (Lipinski definition) is 1. The quantitative estimate of drug-likeness (QED) is 0.889. The lowest BCUT2D eigenvalue weighted by Crippen LogP contribution is -2.34. The molecule has 1 N–H and O–H groups in total. The third kappa shape index (κ3) is 3.65. The van der Waals surface area contributed by atoms with E-state index >= 15 is 0 Å². The Morgan fingerprint density at radius 2 is 1.62 bits per heavy atom. The number of benzene rings is 2. The van der Waals surface area contributed by atoms with Crippen LogP contribution in [0, 0.1) is 11.8 Å². The molecule has 2 aromatic carbocycles. The summed E-state index contributed by atoms with van der Waals surface area (Å²) < 4.78 is 0. The van der Waals surface area contributed by atoms with Crippen molar-refractivity contribution in [3.8, 4) is 0 Å². The van der Waals surface area contributed by atoms with E-state index in [0.29, 0.717) is 19.5 Å². The van der Waals surface area contributed by atoms with Gasteiger partial charge >= 0.3 is 0 Å². The van der Waals surface area contributed by atoms with Crippen LogP contribution in [0.25, 0.3) is 0 Å². The summed E-state index contributed by atoms with van der Waals surface area (Å²) in [7, 11) is 0. The van der Waals surface area contributed by atoms with Gasteiger partial charge in [0.25, 0.3) is 0 Å². The van der Waals surface area contributed by atoms with E-state index in [0.717, 1.165) is 11.3 Å². The second-order valence-electron chi connectivity index (χ2n) is 6.07. The molecule has 2 unspecified atom stereocenters. The van der Waals surface area contributed by atoms with Gasteiger partial charge in [-0.15, -0.1) is 0 Å². The fraction of sp³-hybridized carbons (Fsp3) is 0.300. The van der Waals surface area contributed by atoms with Crippen LogP contribution in [0.3, 0.4) is 0 Å². The maximum Gasteiger partial charge on any atom is 0.230 e. The summed E-state index contributed by atoms with van der Waals surface area (Å²) in [4.78, 5) is 26.7. The molecule has 1 aliphatic carbocycles. The molecule has 0 bridgehead atoms. The van der Waals surface area contributed by atoms with E-state index in [1.807, 2.05) is 67.6 Å². The van der Waals surface area contributed by atoms with Crippen molar-refractivity contribution in [3.05, 3.63) is 66.2 Å². The Kier molecular flexibility index (Phi) is 4.94. The molecule has 2 aromatic rings. The van der Waals surface area contributed by atoms with Crippen molar-refractivity contribution >= 4 is 17.5 Å². The van der Waals surface area contributed by atoms with Crippen molar-refractivity contribution in [2.24, 2.45) is 11.8 Å². The molecule has 0 saturated heterocycles. The summed E-state index contributed by atoms with van der Waals surface area (Å²) in [5.74, 6) is -0.371. The van der Waals surface area contributed by atoms with E-state index in [9.17, 15) is 9.59 Å².